The van der Waals surface area contributed by atoms with Gasteiger partial charge >= 0.3 is 0 Å². The number of nitrogens with one attached hydrogen (secondary N) is 2. The normalized spacial score (nSPS) is 15.4. The monoisotopic (exact) mass is 385 g/mol. The van der Waals surface area contributed by atoms with E-state index in [0.29, 0.717) is 19.2 Å². The van der Waals surface area contributed by atoms with Crippen LogP contribution in [0.15, 0.2) is 47.6 Å². The third-order valence-corrected chi connectivity index (χ3v) is 4.79. The zero-order valence-corrected chi connectivity index (χ0v) is 16.5. The molecule has 0 spiro atoms. The molecule has 0 unspecified atom stereocenters. The van der Waals surface area contributed by atoms with Crippen LogP contribution >= 0.6 is 0 Å². The molecule has 0 amide bonds. The van der Waals surface area contributed by atoms with Crippen LogP contribution in [-0.4, -0.2) is 43.7 Å². The van der Waals surface area contributed by atoms with Crippen molar-refractivity contribution in [1.82, 2.24) is 15.6 Å². The van der Waals surface area contributed by atoms with Crippen LogP contribution in [0.4, 0.5) is 10.2 Å². The Bertz CT molecular complexity index is 776. The highest BCUT2D eigenvalue weighted by Gasteiger charge is 2.20. The van der Waals surface area contributed by atoms with Gasteiger partial charge in [-0.3, -0.25) is 4.99 Å². The first kappa shape index (κ1) is 19.9. The van der Waals surface area contributed by atoms with E-state index in [1.807, 2.05) is 37.4 Å². The number of ether oxygens (including phenoxy) is 1. The van der Waals surface area contributed by atoms with Crippen LogP contribution in [0.2, 0.25) is 0 Å². The Morgan fingerprint density at radius 2 is 2.11 bits per heavy atom. The number of hydrogen-bond acceptors (Lipinski definition) is 4. The van der Waals surface area contributed by atoms with Gasteiger partial charge in [0.2, 0.25) is 0 Å². The summed E-state index contributed by atoms with van der Waals surface area (Å²) in [7, 11) is 1.75. The largest absolute Gasteiger partial charge is 0.491 e. The van der Waals surface area contributed by atoms with Crippen LogP contribution in [-0.2, 0) is 6.54 Å². The van der Waals surface area contributed by atoms with E-state index in [-0.39, 0.29) is 11.6 Å². The van der Waals surface area contributed by atoms with Crippen LogP contribution in [0, 0.1) is 5.82 Å². The molecule has 2 aromatic rings. The lowest BCUT2D eigenvalue weighted by Gasteiger charge is -2.33. The van der Waals surface area contributed by atoms with Crippen LogP contribution in [0.3, 0.4) is 0 Å². The van der Waals surface area contributed by atoms with Gasteiger partial charge in [0, 0.05) is 38.9 Å². The summed E-state index contributed by atoms with van der Waals surface area (Å²) in [6.07, 6.45) is 3.85. The average Bonchev–Trinajstić information content (AvgIpc) is 2.74. The Morgan fingerprint density at radius 3 is 2.75 bits per heavy atom. The smallest absolute Gasteiger partial charge is 0.191 e. The molecule has 1 saturated heterocycles. The second-order valence-electron chi connectivity index (χ2n) is 6.72. The first-order valence-corrected chi connectivity index (χ1v) is 9.74. The van der Waals surface area contributed by atoms with Crippen molar-refractivity contribution >= 4 is 11.8 Å². The summed E-state index contributed by atoms with van der Waals surface area (Å²) in [5.74, 6) is 1.70. The van der Waals surface area contributed by atoms with E-state index in [9.17, 15) is 4.39 Å². The van der Waals surface area contributed by atoms with Crippen molar-refractivity contribution in [2.45, 2.75) is 32.4 Å². The highest BCUT2D eigenvalue weighted by molar-refractivity contribution is 5.80. The van der Waals surface area contributed by atoms with Crippen LogP contribution < -0.4 is 20.3 Å². The molecule has 0 bridgehead atoms. The summed E-state index contributed by atoms with van der Waals surface area (Å²) < 4.78 is 19.2. The lowest BCUT2D eigenvalue weighted by molar-refractivity contribution is 0.321. The highest BCUT2D eigenvalue weighted by Crippen LogP contribution is 2.19. The molecule has 0 aliphatic carbocycles. The minimum atomic E-state index is -0.342. The highest BCUT2D eigenvalue weighted by atomic mass is 19.1. The second kappa shape index (κ2) is 9.92. The minimum Gasteiger partial charge on any atom is -0.491 e. The van der Waals surface area contributed by atoms with E-state index in [0.717, 1.165) is 43.3 Å². The van der Waals surface area contributed by atoms with Crippen LogP contribution in [0.25, 0.3) is 0 Å². The van der Waals surface area contributed by atoms with Crippen LogP contribution in [0.1, 0.15) is 25.3 Å². The fraction of sp³-hybridized carbons (Fsp3) is 0.429. The number of aromatic nitrogens is 1. The Kier molecular flexibility index (Phi) is 7.06. The Morgan fingerprint density at radius 1 is 1.29 bits per heavy atom. The van der Waals surface area contributed by atoms with Gasteiger partial charge in [0.1, 0.15) is 5.82 Å². The van der Waals surface area contributed by atoms with E-state index >= 15 is 0 Å². The van der Waals surface area contributed by atoms with E-state index in [4.69, 9.17) is 4.74 Å². The topological polar surface area (TPSA) is 61.8 Å². The number of piperidine rings is 1. The number of hydrogen-bond donors (Lipinski definition) is 2. The maximum absolute atomic E-state index is 14.0. The number of nitrogens with zero attached hydrogens (tertiary/aromatic N) is 3. The summed E-state index contributed by atoms with van der Waals surface area (Å²) in [5, 5.41) is 6.73. The van der Waals surface area contributed by atoms with Crippen LogP contribution in [0.5, 0.6) is 5.75 Å². The Hall–Kier alpha value is -2.83. The first-order valence-electron chi connectivity index (χ1n) is 9.74. The molecule has 3 rings (SSSR count). The molecule has 1 aliphatic rings. The molecule has 7 heteroatoms. The van der Waals surface area contributed by atoms with Crippen molar-refractivity contribution in [3.8, 4) is 5.75 Å². The number of aliphatic imine (C=N–C) groups is 1. The quantitative estimate of drug-likeness (QED) is 0.591. The van der Waals surface area contributed by atoms with E-state index < -0.39 is 0 Å². The van der Waals surface area contributed by atoms with Crippen molar-refractivity contribution in [3.63, 3.8) is 0 Å². The van der Waals surface area contributed by atoms with E-state index in [1.165, 1.54) is 6.07 Å². The summed E-state index contributed by atoms with van der Waals surface area (Å²) in [6.45, 7) is 4.69. The van der Waals surface area contributed by atoms with Crippen molar-refractivity contribution in [2.75, 3.05) is 31.6 Å². The molecule has 1 aromatic carbocycles. The van der Waals surface area contributed by atoms with Crippen molar-refractivity contribution < 1.29 is 9.13 Å². The van der Waals surface area contributed by atoms with Gasteiger partial charge in [-0.25, -0.2) is 9.37 Å². The number of pyridine rings is 1. The minimum absolute atomic E-state index is 0.286. The predicted molar refractivity (Wildman–Crippen MR) is 110 cm³/mol. The van der Waals surface area contributed by atoms with Gasteiger partial charge in [-0.1, -0.05) is 12.1 Å². The van der Waals surface area contributed by atoms with Gasteiger partial charge in [-0.2, -0.15) is 0 Å². The number of benzene rings is 1. The molecule has 1 aromatic heterocycles. The van der Waals surface area contributed by atoms with Crippen molar-refractivity contribution in [3.05, 3.63) is 54.0 Å². The fourth-order valence-corrected chi connectivity index (χ4v) is 3.29. The SMILES string of the molecule is CCOc1ccc(CNC(=NC)NC2CCN(c3ccccn3)CC2)cc1F. The van der Waals surface area contributed by atoms with Gasteiger partial charge in [0.15, 0.2) is 17.5 Å². The molecule has 6 nitrogen and oxygen atoms in total. The third kappa shape index (κ3) is 5.34. The summed E-state index contributed by atoms with van der Waals surface area (Å²) in [5.41, 5.74) is 0.842. The molecule has 0 atom stereocenters. The maximum Gasteiger partial charge on any atom is 0.191 e. The molecule has 2 heterocycles. The number of guanidine groups is 1. The standard InChI is InChI=1S/C21H28FN5O/c1-3-28-19-8-7-16(14-18(19)22)15-25-21(23-2)26-17-9-12-27(13-10-17)20-6-4-5-11-24-20/h4-8,11,14,17H,3,9-10,12-13,15H2,1-2H3,(H2,23,25,26). The van der Waals surface area contributed by atoms with Crippen molar-refractivity contribution in [2.24, 2.45) is 4.99 Å². The first-order chi connectivity index (χ1) is 13.7. The maximum atomic E-state index is 14.0. The van der Waals surface area contributed by atoms with Gasteiger partial charge in [-0.15, -0.1) is 0 Å². The van der Waals surface area contributed by atoms with E-state index in [2.05, 4.69) is 25.5 Å². The molecular formula is C21H28FN5O. The summed E-state index contributed by atoms with van der Waals surface area (Å²) >= 11 is 0. The fourth-order valence-electron chi connectivity index (χ4n) is 3.29. The van der Waals surface area contributed by atoms with Gasteiger partial charge in [-0.05, 0) is 49.6 Å². The zero-order valence-electron chi connectivity index (χ0n) is 16.5. The van der Waals surface area contributed by atoms with Gasteiger partial charge in [0.25, 0.3) is 0 Å². The molecule has 28 heavy (non-hydrogen) atoms. The lowest BCUT2D eigenvalue weighted by Crippen LogP contribution is -2.48. The molecule has 1 aliphatic heterocycles. The number of anilines is 1. The predicted octanol–water partition coefficient (Wildman–Crippen LogP) is 2.95. The third-order valence-electron chi connectivity index (χ3n) is 4.79. The van der Waals surface area contributed by atoms with Crippen molar-refractivity contribution in [1.29, 1.82) is 0 Å². The molecular weight excluding hydrogens is 357 g/mol. The van der Waals surface area contributed by atoms with Gasteiger partial charge < -0.3 is 20.3 Å². The molecule has 0 saturated carbocycles. The molecule has 0 radical (unpaired) electrons. The lowest BCUT2D eigenvalue weighted by atomic mass is 10.1. The zero-order chi connectivity index (χ0) is 19.8. The van der Waals surface area contributed by atoms with E-state index in [1.54, 1.807) is 13.1 Å². The Labute approximate surface area is 165 Å². The molecule has 2 N–H and O–H groups in total. The summed E-state index contributed by atoms with van der Waals surface area (Å²) in [4.78, 5) is 11.0. The Balaban J connectivity index is 1.47. The molecule has 1 fully saturated rings. The average molecular weight is 385 g/mol. The molecule has 150 valence electrons. The van der Waals surface area contributed by atoms with Gasteiger partial charge in [0.05, 0.1) is 6.61 Å². The summed E-state index contributed by atoms with van der Waals surface area (Å²) in [6, 6.07) is 11.4. The number of halogens is 1. The second-order valence-corrected chi connectivity index (χ2v) is 6.72. The number of rotatable bonds is 6.